The molecule has 1 aromatic carbocycles. The van der Waals surface area contributed by atoms with Crippen molar-refractivity contribution in [3.8, 4) is 0 Å². The summed E-state index contributed by atoms with van der Waals surface area (Å²) in [6.45, 7) is 4.53. The third-order valence-electron chi connectivity index (χ3n) is 3.70. The lowest BCUT2D eigenvalue weighted by Crippen LogP contribution is -2.35. The molecule has 0 aliphatic carbocycles. The zero-order valence-corrected chi connectivity index (χ0v) is 11.3. The maximum absolute atomic E-state index is 5.82. The maximum Gasteiger partial charge on any atom is 0.106 e. The molecule has 2 N–H and O–H groups in total. The van der Waals surface area contributed by atoms with Gasteiger partial charge in [-0.2, -0.15) is 0 Å². The van der Waals surface area contributed by atoms with Gasteiger partial charge in [0.2, 0.25) is 0 Å². The highest BCUT2D eigenvalue weighted by atomic mass is 32.1. The number of benzene rings is 1. The van der Waals surface area contributed by atoms with Crippen LogP contribution in [0.3, 0.4) is 0 Å². The lowest BCUT2D eigenvalue weighted by Gasteiger charge is -2.32. The van der Waals surface area contributed by atoms with Gasteiger partial charge in [-0.25, -0.2) is 0 Å². The van der Waals surface area contributed by atoms with E-state index < -0.39 is 0 Å². The van der Waals surface area contributed by atoms with Crippen LogP contribution in [0, 0.1) is 0 Å². The number of thiocarbonyl (C=S) groups is 1. The van der Waals surface area contributed by atoms with Crippen molar-refractivity contribution in [1.82, 2.24) is 0 Å². The van der Waals surface area contributed by atoms with Crippen LogP contribution in [-0.4, -0.2) is 17.1 Å². The Bertz CT molecular complexity index is 416. The molecular weight excluding hydrogens is 228 g/mol. The molecule has 1 aliphatic heterocycles. The highest BCUT2D eigenvalue weighted by molar-refractivity contribution is 7.80. The van der Waals surface area contributed by atoms with Gasteiger partial charge in [0.05, 0.1) is 0 Å². The van der Waals surface area contributed by atoms with Crippen LogP contribution in [0.2, 0.25) is 0 Å². The van der Waals surface area contributed by atoms with Crippen molar-refractivity contribution in [3.05, 3.63) is 29.8 Å². The molecule has 2 rings (SSSR count). The van der Waals surface area contributed by atoms with E-state index in [0.717, 1.165) is 5.56 Å². The summed E-state index contributed by atoms with van der Waals surface area (Å²) in [6, 6.07) is 9.43. The Labute approximate surface area is 109 Å². The zero-order chi connectivity index (χ0) is 12.4. The summed E-state index contributed by atoms with van der Waals surface area (Å²) in [5.74, 6) is 0. The minimum absolute atomic E-state index is 0.495. The Balaban J connectivity index is 2.41. The largest absolute Gasteiger partial charge is 0.389 e. The third kappa shape index (κ3) is 2.29. The summed E-state index contributed by atoms with van der Waals surface area (Å²) in [5.41, 5.74) is 8.03. The number of hydrogen-bond acceptors (Lipinski definition) is 2. The first-order valence-corrected chi connectivity index (χ1v) is 6.73. The number of rotatable bonds is 3. The first kappa shape index (κ1) is 12.4. The van der Waals surface area contributed by atoms with E-state index in [2.05, 4.69) is 30.9 Å². The molecule has 2 atom stereocenters. The minimum Gasteiger partial charge on any atom is -0.389 e. The van der Waals surface area contributed by atoms with E-state index in [1.165, 1.54) is 24.9 Å². The monoisotopic (exact) mass is 248 g/mol. The van der Waals surface area contributed by atoms with E-state index in [1.807, 2.05) is 12.1 Å². The average Bonchev–Trinajstić information content (AvgIpc) is 2.70. The van der Waals surface area contributed by atoms with Crippen molar-refractivity contribution < 1.29 is 0 Å². The van der Waals surface area contributed by atoms with E-state index >= 15 is 0 Å². The molecule has 1 fully saturated rings. The first-order valence-electron chi connectivity index (χ1n) is 6.32. The van der Waals surface area contributed by atoms with Gasteiger partial charge in [-0.3, -0.25) is 0 Å². The first-order chi connectivity index (χ1) is 8.15. The van der Waals surface area contributed by atoms with Gasteiger partial charge in [0.25, 0.3) is 0 Å². The second kappa shape index (κ2) is 5.05. The lowest BCUT2D eigenvalue weighted by atomic mass is 10.1. The standard InChI is InChI=1S/C14H20N2S/c1-3-11-9-8-10(2)16(11)13-7-5-4-6-12(13)14(15)17/h4-7,10-11H,3,8-9H2,1-2H3,(H2,15,17). The molecule has 0 saturated carbocycles. The number of nitrogens with zero attached hydrogens (tertiary/aromatic N) is 1. The van der Waals surface area contributed by atoms with Gasteiger partial charge in [-0.05, 0) is 38.3 Å². The zero-order valence-electron chi connectivity index (χ0n) is 10.5. The van der Waals surface area contributed by atoms with Gasteiger partial charge in [-0.1, -0.05) is 31.3 Å². The highest BCUT2D eigenvalue weighted by Gasteiger charge is 2.30. The lowest BCUT2D eigenvalue weighted by molar-refractivity contribution is 0.628. The summed E-state index contributed by atoms with van der Waals surface area (Å²) < 4.78 is 0. The molecule has 0 radical (unpaired) electrons. The van der Waals surface area contributed by atoms with Crippen LogP contribution >= 0.6 is 12.2 Å². The fourth-order valence-corrected chi connectivity index (χ4v) is 2.99. The Morgan fingerprint density at radius 1 is 1.41 bits per heavy atom. The number of hydrogen-bond donors (Lipinski definition) is 1. The smallest absolute Gasteiger partial charge is 0.106 e. The minimum atomic E-state index is 0.495. The quantitative estimate of drug-likeness (QED) is 0.834. The van der Waals surface area contributed by atoms with Crippen LogP contribution < -0.4 is 10.6 Å². The molecule has 2 unspecified atom stereocenters. The van der Waals surface area contributed by atoms with Gasteiger partial charge in [0.1, 0.15) is 4.99 Å². The SMILES string of the molecule is CCC1CCC(C)N1c1ccccc1C(N)=S. The van der Waals surface area contributed by atoms with Gasteiger partial charge < -0.3 is 10.6 Å². The molecule has 1 saturated heterocycles. The van der Waals surface area contributed by atoms with Crippen molar-refractivity contribution in [1.29, 1.82) is 0 Å². The second-order valence-electron chi connectivity index (χ2n) is 4.78. The van der Waals surface area contributed by atoms with Crippen molar-refractivity contribution in [2.75, 3.05) is 4.90 Å². The Hall–Kier alpha value is -1.09. The maximum atomic E-state index is 5.82. The molecule has 0 amide bonds. The van der Waals surface area contributed by atoms with Crippen LogP contribution in [-0.2, 0) is 0 Å². The normalized spacial score (nSPS) is 24.0. The fraction of sp³-hybridized carbons (Fsp3) is 0.500. The Kier molecular flexibility index (Phi) is 3.67. The van der Waals surface area contributed by atoms with Crippen LogP contribution in [0.4, 0.5) is 5.69 Å². The van der Waals surface area contributed by atoms with E-state index in [1.54, 1.807) is 0 Å². The summed E-state index contributed by atoms with van der Waals surface area (Å²) in [7, 11) is 0. The van der Waals surface area contributed by atoms with Crippen molar-refractivity contribution in [2.45, 2.75) is 45.2 Å². The number of anilines is 1. The van der Waals surface area contributed by atoms with Crippen molar-refractivity contribution >= 4 is 22.9 Å². The van der Waals surface area contributed by atoms with E-state index in [-0.39, 0.29) is 0 Å². The molecule has 1 heterocycles. The average molecular weight is 248 g/mol. The molecule has 92 valence electrons. The van der Waals surface area contributed by atoms with Crippen molar-refractivity contribution in [2.24, 2.45) is 5.73 Å². The third-order valence-corrected chi connectivity index (χ3v) is 3.92. The molecule has 1 aromatic rings. The number of para-hydroxylation sites is 1. The molecule has 17 heavy (non-hydrogen) atoms. The van der Waals surface area contributed by atoms with Gasteiger partial charge in [0.15, 0.2) is 0 Å². The fourth-order valence-electron chi connectivity index (χ4n) is 2.81. The van der Waals surface area contributed by atoms with E-state index in [0.29, 0.717) is 17.1 Å². The highest BCUT2D eigenvalue weighted by Crippen LogP contribution is 2.33. The summed E-state index contributed by atoms with van der Waals surface area (Å²) >= 11 is 5.15. The Morgan fingerprint density at radius 3 is 2.76 bits per heavy atom. The van der Waals surface area contributed by atoms with Crippen LogP contribution in [0.1, 0.15) is 38.7 Å². The summed E-state index contributed by atoms with van der Waals surface area (Å²) in [5, 5.41) is 0. The van der Waals surface area contributed by atoms with Crippen LogP contribution in [0.15, 0.2) is 24.3 Å². The molecule has 2 nitrogen and oxygen atoms in total. The molecule has 1 aliphatic rings. The van der Waals surface area contributed by atoms with E-state index in [4.69, 9.17) is 18.0 Å². The topological polar surface area (TPSA) is 29.3 Å². The molecular formula is C14H20N2S. The summed E-state index contributed by atoms with van der Waals surface area (Å²) in [4.78, 5) is 2.99. The van der Waals surface area contributed by atoms with Crippen LogP contribution in [0.5, 0.6) is 0 Å². The van der Waals surface area contributed by atoms with Crippen LogP contribution in [0.25, 0.3) is 0 Å². The predicted molar refractivity (Wildman–Crippen MR) is 77.6 cm³/mol. The predicted octanol–water partition coefficient (Wildman–Crippen LogP) is 3.09. The summed E-state index contributed by atoms with van der Waals surface area (Å²) in [6.07, 6.45) is 3.70. The van der Waals surface area contributed by atoms with Gasteiger partial charge in [0, 0.05) is 23.3 Å². The Morgan fingerprint density at radius 2 is 2.12 bits per heavy atom. The number of nitrogens with two attached hydrogens (primary N) is 1. The van der Waals surface area contributed by atoms with E-state index in [9.17, 15) is 0 Å². The molecule has 3 heteroatoms. The molecule has 0 bridgehead atoms. The van der Waals surface area contributed by atoms with Gasteiger partial charge in [-0.15, -0.1) is 0 Å². The molecule has 0 spiro atoms. The molecule has 0 aromatic heterocycles. The second-order valence-corrected chi connectivity index (χ2v) is 5.22. The van der Waals surface area contributed by atoms with Gasteiger partial charge >= 0.3 is 0 Å². The van der Waals surface area contributed by atoms with Crippen molar-refractivity contribution in [3.63, 3.8) is 0 Å².